The number of carbonyl (C=O) groups is 2. The number of hydrogen-bond acceptors (Lipinski definition) is 3. The van der Waals surface area contributed by atoms with Gasteiger partial charge in [0.05, 0.1) is 6.42 Å². The number of carboxylic acid groups (broad SMARTS) is 1. The molecule has 0 spiro atoms. The molecule has 0 bridgehead atoms. The number of aliphatic carboxylic acids is 1. The van der Waals surface area contributed by atoms with Crippen molar-refractivity contribution in [2.75, 3.05) is 0 Å². The van der Waals surface area contributed by atoms with Gasteiger partial charge in [-0.05, 0) is 38.8 Å². The molecule has 0 radical (unpaired) electrons. The topological polar surface area (TPSA) is 75.6 Å². The molecular weight excluding hydrogens is 294 g/mol. The molecule has 0 heterocycles. The third kappa shape index (κ3) is 6.99. The molecule has 0 aliphatic heterocycles. The Morgan fingerprint density at radius 3 is 2.48 bits per heavy atom. The molecule has 1 aromatic carbocycles. The van der Waals surface area contributed by atoms with Crippen LogP contribution in [-0.2, 0) is 16.0 Å². The Hall–Kier alpha value is -1.75. The average molecular weight is 314 g/mol. The van der Waals surface area contributed by atoms with E-state index in [-0.39, 0.29) is 6.42 Å². The Morgan fingerprint density at radius 2 is 1.95 bits per heavy atom. The van der Waals surface area contributed by atoms with Crippen LogP contribution in [0.4, 0.5) is 4.79 Å². The lowest BCUT2D eigenvalue weighted by Gasteiger charge is -2.23. The van der Waals surface area contributed by atoms with Crippen molar-refractivity contribution in [2.45, 2.75) is 45.3 Å². The third-order valence-electron chi connectivity index (χ3n) is 2.57. The molecule has 21 heavy (non-hydrogen) atoms. The number of rotatable bonds is 5. The van der Waals surface area contributed by atoms with Crippen molar-refractivity contribution in [2.24, 2.45) is 0 Å². The molecular formula is C15H20ClNO4. The molecule has 1 rings (SSSR count). The molecule has 0 aromatic heterocycles. The zero-order valence-electron chi connectivity index (χ0n) is 12.4. The molecule has 6 heteroatoms. The monoisotopic (exact) mass is 313 g/mol. The van der Waals surface area contributed by atoms with Crippen molar-refractivity contribution in [3.63, 3.8) is 0 Å². The van der Waals surface area contributed by atoms with Crippen molar-refractivity contribution in [1.82, 2.24) is 5.32 Å². The highest BCUT2D eigenvalue weighted by Gasteiger charge is 2.22. The molecule has 0 aliphatic rings. The van der Waals surface area contributed by atoms with Crippen LogP contribution in [0.5, 0.6) is 0 Å². The second-order valence-electron chi connectivity index (χ2n) is 5.74. The van der Waals surface area contributed by atoms with Gasteiger partial charge in [0, 0.05) is 11.1 Å². The fraction of sp³-hybridized carbons (Fsp3) is 0.467. The summed E-state index contributed by atoms with van der Waals surface area (Å²) in [6.45, 7) is 5.23. The fourth-order valence-corrected chi connectivity index (χ4v) is 2.00. The molecule has 0 fully saturated rings. The van der Waals surface area contributed by atoms with Gasteiger partial charge in [-0.2, -0.15) is 0 Å². The van der Waals surface area contributed by atoms with Crippen molar-refractivity contribution in [3.05, 3.63) is 34.9 Å². The zero-order chi connectivity index (χ0) is 16.0. The van der Waals surface area contributed by atoms with Gasteiger partial charge in [-0.25, -0.2) is 4.79 Å². The summed E-state index contributed by atoms with van der Waals surface area (Å²) < 4.78 is 5.14. The van der Waals surface area contributed by atoms with Gasteiger partial charge in [0.25, 0.3) is 0 Å². The minimum Gasteiger partial charge on any atom is -0.481 e. The Kier molecular flexibility index (Phi) is 6.03. The molecule has 0 aliphatic carbocycles. The van der Waals surface area contributed by atoms with Crippen molar-refractivity contribution < 1.29 is 19.4 Å². The van der Waals surface area contributed by atoms with Crippen LogP contribution < -0.4 is 5.32 Å². The van der Waals surface area contributed by atoms with Gasteiger partial charge in [0.2, 0.25) is 0 Å². The van der Waals surface area contributed by atoms with Crippen LogP contribution in [0, 0.1) is 0 Å². The maximum absolute atomic E-state index is 11.8. The van der Waals surface area contributed by atoms with E-state index in [0.717, 1.165) is 5.56 Å². The number of hydrogen-bond donors (Lipinski definition) is 2. The molecule has 1 aromatic rings. The lowest BCUT2D eigenvalue weighted by molar-refractivity contribution is -0.137. The Balaban J connectivity index is 2.75. The van der Waals surface area contributed by atoms with Crippen LogP contribution in [-0.4, -0.2) is 28.8 Å². The predicted octanol–water partition coefficient (Wildman–Crippen LogP) is 3.25. The van der Waals surface area contributed by atoms with Gasteiger partial charge in [-0.15, -0.1) is 0 Å². The number of ether oxygens (including phenoxy) is 1. The minimum atomic E-state index is -0.997. The molecule has 1 atom stereocenters. The van der Waals surface area contributed by atoms with Crippen LogP contribution in [0.15, 0.2) is 24.3 Å². The summed E-state index contributed by atoms with van der Waals surface area (Å²) in [7, 11) is 0. The second-order valence-corrected chi connectivity index (χ2v) is 6.14. The predicted molar refractivity (Wildman–Crippen MR) is 80.6 cm³/mol. The van der Waals surface area contributed by atoms with Crippen molar-refractivity contribution >= 4 is 23.7 Å². The van der Waals surface area contributed by atoms with Crippen LogP contribution >= 0.6 is 11.6 Å². The van der Waals surface area contributed by atoms with E-state index in [1.807, 2.05) is 6.07 Å². The van der Waals surface area contributed by atoms with E-state index in [1.54, 1.807) is 39.0 Å². The summed E-state index contributed by atoms with van der Waals surface area (Å²) in [5.41, 5.74) is 0.142. The molecule has 1 amide bonds. The van der Waals surface area contributed by atoms with Gasteiger partial charge >= 0.3 is 12.1 Å². The number of nitrogens with one attached hydrogen (secondary N) is 1. The summed E-state index contributed by atoms with van der Waals surface area (Å²) in [6.07, 6.45) is -0.517. The number of carbonyl (C=O) groups excluding carboxylic acids is 1. The Bertz CT molecular complexity index is 511. The maximum atomic E-state index is 11.8. The summed E-state index contributed by atoms with van der Waals surface area (Å²) in [5, 5.41) is 12.1. The number of amides is 1. The summed E-state index contributed by atoms with van der Waals surface area (Å²) in [5.74, 6) is -0.997. The molecule has 2 N–H and O–H groups in total. The Morgan fingerprint density at radius 1 is 1.33 bits per heavy atom. The first-order valence-corrected chi connectivity index (χ1v) is 7.00. The molecule has 0 saturated heterocycles. The largest absolute Gasteiger partial charge is 0.481 e. The van der Waals surface area contributed by atoms with Crippen molar-refractivity contribution in [3.8, 4) is 0 Å². The highest BCUT2D eigenvalue weighted by molar-refractivity contribution is 6.31. The summed E-state index contributed by atoms with van der Waals surface area (Å²) in [4.78, 5) is 22.7. The summed E-state index contributed by atoms with van der Waals surface area (Å²) in [6, 6.07) is 6.54. The maximum Gasteiger partial charge on any atom is 0.407 e. The first kappa shape index (κ1) is 17.3. The van der Waals surface area contributed by atoms with Crippen LogP contribution in [0.25, 0.3) is 0 Å². The van der Waals surface area contributed by atoms with E-state index in [1.165, 1.54) is 0 Å². The van der Waals surface area contributed by atoms with Gasteiger partial charge < -0.3 is 15.2 Å². The molecule has 0 saturated carbocycles. The average Bonchev–Trinajstić information content (AvgIpc) is 2.28. The Labute approximate surface area is 129 Å². The van der Waals surface area contributed by atoms with E-state index in [0.29, 0.717) is 11.4 Å². The number of benzene rings is 1. The number of alkyl carbamates (subject to hydrolysis) is 1. The third-order valence-corrected chi connectivity index (χ3v) is 2.93. The van der Waals surface area contributed by atoms with E-state index in [9.17, 15) is 9.59 Å². The zero-order valence-corrected chi connectivity index (χ0v) is 13.1. The number of halogens is 1. The van der Waals surface area contributed by atoms with Gasteiger partial charge in [0.1, 0.15) is 5.60 Å². The molecule has 0 unspecified atom stereocenters. The van der Waals surface area contributed by atoms with Gasteiger partial charge in [0.15, 0.2) is 0 Å². The first-order chi connectivity index (χ1) is 9.67. The smallest absolute Gasteiger partial charge is 0.407 e. The highest BCUT2D eigenvalue weighted by atomic mass is 35.5. The van der Waals surface area contributed by atoms with E-state index in [4.69, 9.17) is 21.4 Å². The minimum absolute atomic E-state index is 0.204. The normalized spacial score (nSPS) is 12.6. The lowest BCUT2D eigenvalue weighted by Crippen LogP contribution is -2.41. The van der Waals surface area contributed by atoms with Crippen LogP contribution in [0.2, 0.25) is 5.02 Å². The van der Waals surface area contributed by atoms with E-state index < -0.39 is 23.7 Å². The van der Waals surface area contributed by atoms with E-state index in [2.05, 4.69) is 5.32 Å². The number of carboxylic acids is 1. The van der Waals surface area contributed by atoms with Gasteiger partial charge in [-0.3, -0.25) is 4.79 Å². The fourth-order valence-electron chi connectivity index (χ4n) is 1.79. The lowest BCUT2D eigenvalue weighted by atomic mass is 10.0. The molecule has 116 valence electrons. The second kappa shape index (κ2) is 7.31. The standard InChI is InChI=1S/C15H20ClNO4/c1-15(2,3)21-14(20)17-11(9-13(18)19)8-10-6-4-5-7-12(10)16/h4-7,11H,8-9H2,1-3H3,(H,17,20)(H,18,19)/t11-/m0/s1. The van der Waals surface area contributed by atoms with Crippen LogP contribution in [0.1, 0.15) is 32.8 Å². The van der Waals surface area contributed by atoms with Gasteiger partial charge in [-0.1, -0.05) is 29.8 Å². The highest BCUT2D eigenvalue weighted by Crippen LogP contribution is 2.18. The SMILES string of the molecule is CC(C)(C)OC(=O)N[C@H](CC(=O)O)Cc1ccccc1Cl. The van der Waals surface area contributed by atoms with E-state index >= 15 is 0 Å². The quantitative estimate of drug-likeness (QED) is 0.875. The van der Waals surface area contributed by atoms with Crippen molar-refractivity contribution in [1.29, 1.82) is 0 Å². The van der Waals surface area contributed by atoms with Crippen LogP contribution in [0.3, 0.4) is 0 Å². The first-order valence-electron chi connectivity index (χ1n) is 6.62. The molecule has 5 nitrogen and oxygen atoms in total. The summed E-state index contributed by atoms with van der Waals surface area (Å²) >= 11 is 6.06.